The average Bonchev–Trinajstić information content (AvgIpc) is 2.47. The van der Waals surface area contributed by atoms with E-state index in [9.17, 15) is 0 Å². The second-order valence-corrected chi connectivity index (χ2v) is 3.98. The van der Waals surface area contributed by atoms with Crippen LogP contribution in [0, 0.1) is 0 Å². The zero-order valence-corrected chi connectivity index (χ0v) is 11.1. The summed E-state index contributed by atoms with van der Waals surface area (Å²) in [7, 11) is 3.23. The highest BCUT2D eigenvalue weighted by molar-refractivity contribution is 5.62. The topological polar surface area (TPSA) is 70.3 Å². The fraction of sp³-hybridized carbons (Fsp3) is 0.286. The molecule has 0 aliphatic rings. The van der Waals surface area contributed by atoms with Gasteiger partial charge in [0.2, 0.25) is 5.88 Å². The summed E-state index contributed by atoms with van der Waals surface area (Å²) in [5, 5.41) is 0. The van der Waals surface area contributed by atoms with Crippen LogP contribution < -0.4 is 15.2 Å². The number of hydrogen-bond donors (Lipinski definition) is 1. The number of nitrogens with zero attached hydrogens (tertiary/aromatic N) is 2. The van der Waals surface area contributed by atoms with Crippen LogP contribution in [-0.4, -0.2) is 30.7 Å². The van der Waals surface area contributed by atoms with Gasteiger partial charge in [-0.25, -0.2) is 4.98 Å². The van der Waals surface area contributed by atoms with Crippen LogP contribution in [0.4, 0.5) is 0 Å². The van der Waals surface area contributed by atoms with Gasteiger partial charge in [0, 0.05) is 18.1 Å². The molecule has 2 rings (SSSR count). The molecule has 100 valence electrons. The van der Waals surface area contributed by atoms with E-state index in [1.165, 1.54) is 0 Å². The first-order chi connectivity index (χ1) is 9.26. The summed E-state index contributed by atoms with van der Waals surface area (Å²) in [5.74, 6) is 2.01. The lowest BCUT2D eigenvalue weighted by Gasteiger charge is -2.08. The molecule has 0 aliphatic heterocycles. The van der Waals surface area contributed by atoms with Crippen LogP contribution in [-0.2, 0) is 6.42 Å². The second kappa shape index (κ2) is 6.15. The lowest BCUT2D eigenvalue weighted by Crippen LogP contribution is -2.07. The molecule has 2 N–H and O–H groups in total. The zero-order chi connectivity index (χ0) is 13.7. The maximum Gasteiger partial charge on any atom is 0.216 e. The second-order valence-electron chi connectivity index (χ2n) is 3.98. The first kappa shape index (κ1) is 13.3. The van der Waals surface area contributed by atoms with E-state index in [1.54, 1.807) is 20.3 Å². The molecule has 0 atom stereocenters. The normalized spacial score (nSPS) is 10.3. The van der Waals surface area contributed by atoms with Gasteiger partial charge in [0.25, 0.3) is 0 Å². The van der Waals surface area contributed by atoms with Crippen LogP contribution in [0.25, 0.3) is 11.3 Å². The van der Waals surface area contributed by atoms with Crippen molar-refractivity contribution in [1.82, 2.24) is 9.97 Å². The molecule has 0 radical (unpaired) electrons. The van der Waals surface area contributed by atoms with Crippen LogP contribution >= 0.6 is 0 Å². The highest BCUT2D eigenvalue weighted by Crippen LogP contribution is 2.24. The Balaban J connectivity index is 2.44. The quantitative estimate of drug-likeness (QED) is 0.884. The predicted octanol–water partition coefficient (Wildman–Crippen LogP) is 1.66. The van der Waals surface area contributed by atoms with Gasteiger partial charge in [-0.3, -0.25) is 0 Å². The Morgan fingerprint density at radius 1 is 1.11 bits per heavy atom. The molecular formula is C14H17N3O2. The lowest BCUT2D eigenvalue weighted by molar-refractivity contribution is 0.395. The van der Waals surface area contributed by atoms with Gasteiger partial charge in [-0.05, 0) is 18.7 Å². The smallest absolute Gasteiger partial charge is 0.216 e. The third-order valence-electron chi connectivity index (χ3n) is 2.69. The molecular weight excluding hydrogens is 242 g/mol. The average molecular weight is 259 g/mol. The molecule has 5 nitrogen and oxygen atoms in total. The Morgan fingerprint density at radius 2 is 1.95 bits per heavy atom. The maximum atomic E-state index is 5.55. The van der Waals surface area contributed by atoms with Crippen molar-refractivity contribution in [2.75, 3.05) is 20.8 Å². The van der Waals surface area contributed by atoms with Gasteiger partial charge in [-0.1, -0.05) is 12.1 Å². The van der Waals surface area contributed by atoms with Crippen LogP contribution in [0.3, 0.4) is 0 Å². The first-order valence-corrected chi connectivity index (χ1v) is 6.03. The molecule has 1 aromatic carbocycles. The lowest BCUT2D eigenvalue weighted by atomic mass is 10.1. The Labute approximate surface area is 112 Å². The summed E-state index contributed by atoms with van der Waals surface area (Å²) in [6.07, 6.45) is 0.619. The van der Waals surface area contributed by atoms with Crippen LogP contribution in [0.2, 0.25) is 0 Å². The summed E-state index contributed by atoms with van der Waals surface area (Å²) < 4.78 is 10.4. The van der Waals surface area contributed by atoms with Gasteiger partial charge in [0.05, 0.1) is 19.9 Å². The molecule has 2 aromatic rings. The number of nitrogens with two attached hydrogens (primary N) is 1. The van der Waals surface area contributed by atoms with Crippen LogP contribution in [0.1, 0.15) is 5.82 Å². The molecule has 0 bridgehead atoms. The van der Waals surface area contributed by atoms with Crippen molar-refractivity contribution >= 4 is 0 Å². The Kier molecular flexibility index (Phi) is 4.30. The van der Waals surface area contributed by atoms with Crippen molar-refractivity contribution in [2.45, 2.75) is 6.42 Å². The van der Waals surface area contributed by atoms with E-state index in [1.807, 2.05) is 24.3 Å². The molecule has 0 saturated carbocycles. The number of hydrogen-bond acceptors (Lipinski definition) is 5. The van der Waals surface area contributed by atoms with Crippen molar-refractivity contribution < 1.29 is 9.47 Å². The summed E-state index contributed by atoms with van der Waals surface area (Å²) >= 11 is 0. The minimum Gasteiger partial charge on any atom is -0.497 e. The zero-order valence-electron chi connectivity index (χ0n) is 11.1. The van der Waals surface area contributed by atoms with E-state index in [2.05, 4.69) is 9.97 Å². The molecule has 0 spiro atoms. The maximum absolute atomic E-state index is 5.55. The molecule has 0 saturated heterocycles. The van der Waals surface area contributed by atoms with E-state index in [-0.39, 0.29) is 0 Å². The summed E-state index contributed by atoms with van der Waals surface area (Å²) in [6, 6.07) is 9.51. The van der Waals surface area contributed by atoms with E-state index in [4.69, 9.17) is 15.2 Å². The van der Waals surface area contributed by atoms with Crippen molar-refractivity contribution in [3.05, 3.63) is 36.2 Å². The van der Waals surface area contributed by atoms with Crippen molar-refractivity contribution in [2.24, 2.45) is 5.73 Å². The molecule has 0 aliphatic carbocycles. The number of benzene rings is 1. The van der Waals surface area contributed by atoms with Crippen LogP contribution in [0.15, 0.2) is 30.3 Å². The molecule has 0 fully saturated rings. The van der Waals surface area contributed by atoms with Gasteiger partial charge in [0.15, 0.2) is 0 Å². The third kappa shape index (κ3) is 3.20. The first-order valence-electron chi connectivity index (χ1n) is 6.03. The van der Waals surface area contributed by atoms with Crippen LogP contribution in [0.5, 0.6) is 11.6 Å². The summed E-state index contributed by atoms with van der Waals surface area (Å²) in [6.45, 7) is 0.505. The monoisotopic (exact) mass is 259 g/mol. The number of methoxy groups -OCH3 is 2. The SMILES string of the molecule is COc1cccc(-c2cc(OC)nc(CCN)n2)c1. The van der Waals surface area contributed by atoms with E-state index in [0.29, 0.717) is 24.7 Å². The third-order valence-corrected chi connectivity index (χ3v) is 2.69. The molecule has 19 heavy (non-hydrogen) atoms. The molecule has 1 aromatic heterocycles. The van der Waals surface area contributed by atoms with Gasteiger partial charge >= 0.3 is 0 Å². The van der Waals surface area contributed by atoms with Gasteiger partial charge in [0.1, 0.15) is 11.6 Å². The van der Waals surface area contributed by atoms with Crippen molar-refractivity contribution in [3.8, 4) is 22.9 Å². The minimum absolute atomic E-state index is 0.505. The Hall–Kier alpha value is -2.14. The molecule has 0 unspecified atom stereocenters. The number of aromatic nitrogens is 2. The van der Waals surface area contributed by atoms with Crippen molar-refractivity contribution in [1.29, 1.82) is 0 Å². The van der Waals surface area contributed by atoms with E-state index < -0.39 is 0 Å². The predicted molar refractivity (Wildman–Crippen MR) is 73.3 cm³/mol. The largest absolute Gasteiger partial charge is 0.497 e. The Morgan fingerprint density at radius 3 is 2.63 bits per heavy atom. The molecule has 1 heterocycles. The summed E-state index contributed by atoms with van der Waals surface area (Å²) in [5.41, 5.74) is 7.30. The Bertz CT molecular complexity index is 558. The standard InChI is InChI=1S/C14H17N3O2/c1-18-11-5-3-4-10(8-11)12-9-14(19-2)17-13(16-12)6-7-15/h3-5,8-9H,6-7,15H2,1-2H3. The van der Waals surface area contributed by atoms with E-state index >= 15 is 0 Å². The van der Waals surface area contributed by atoms with Crippen molar-refractivity contribution in [3.63, 3.8) is 0 Å². The fourth-order valence-electron chi connectivity index (χ4n) is 1.75. The van der Waals surface area contributed by atoms with E-state index in [0.717, 1.165) is 17.0 Å². The van der Waals surface area contributed by atoms with Gasteiger partial charge in [-0.2, -0.15) is 4.98 Å². The number of rotatable bonds is 5. The molecule has 5 heteroatoms. The highest BCUT2D eigenvalue weighted by atomic mass is 16.5. The summed E-state index contributed by atoms with van der Waals surface area (Å²) in [4.78, 5) is 8.76. The number of ether oxygens (including phenoxy) is 2. The van der Waals surface area contributed by atoms with Gasteiger partial charge < -0.3 is 15.2 Å². The molecule has 0 amide bonds. The minimum atomic E-state index is 0.505. The van der Waals surface area contributed by atoms with Gasteiger partial charge in [-0.15, -0.1) is 0 Å². The fourth-order valence-corrected chi connectivity index (χ4v) is 1.75. The highest BCUT2D eigenvalue weighted by Gasteiger charge is 2.07.